The highest BCUT2D eigenvalue weighted by Crippen LogP contribution is 2.22. The summed E-state index contributed by atoms with van der Waals surface area (Å²) in [6.07, 6.45) is 0. The highest BCUT2D eigenvalue weighted by Gasteiger charge is 2.18. The topological polar surface area (TPSA) is 59.2 Å². The largest absolute Gasteiger partial charge is 0.399 e. The van der Waals surface area contributed by atoms with Crippen LogP contribution in [-0.2, 0) is 0 Å². The Bertz CT molecular complexity index is 574. The number of anilines is 2. The van der Waals surface area contributed by atoms with E-state index >= 15 is 0 Å². The average molecular weight is 261 g/mol. The van der Waals surface area contributed by atoms with Crippen molar-refractivity contribution in [3.8, 4) is 0 Å². The quantitative estimate of drug-likeness (QED) is 0.845. The van der Waals surface area contributed by atoms with E-state index in [4.69, 9.17) is 5.73 Å². The molecule has 0 unspecified atom stereocenters. The molecule has 0 radical (unpaired) electrons. The summed E-state index contributed by atoms with van der Waals surface area (Å²) < 4.78 is 0. The average Bonchev–Trinajstić information content (AvgIpc) is 2.67. The first-order chi connectivity index (χ1) is 8.49. The third-order valence-electron chi connectivity index (χ3n) is 2.68. The molecule has 1 aromatic heterocycles. The summed E-state index contributed by atoms with van der Waals surface area (Å²) in [6.45, 7) is 3.76. The number of carbonyl (C=O) groups is 1. The molecule has 0 fully saturated rings. The molecule has 0 spiro atoms. The highest BCUT2D eigenvalue weighted by molar-refractivity contribution is 7.13. The van der Waals surface area contributed by atoms with E-state index in [1.807, 2.05) is 26.0 Å². The Morgan fingerprint density at radius 1 is 1.28 bits per heavy atom. The predicted molar refractivity (Wildman–Crippen MR) is 75.2 cm³/mol. The summed E-state index contributed by atoms with van der Waals surface area (Å²) in [5.74, 6) is -0.0390. The number of aryl methyl sites for hydroxylation is 2. The second-order valence-corrected chi connectivity index (χ2v) is 5.31. The summed E-state index contributed by atoms with van der Waals surface area (Å²) in [5.41, 5.74) is 7.92. The van der Waals surface area contributed by atoms with Crippen LogP contribution in [0, 0.1) is 13.8 Å². The van der Waals surface area contributed by atoms with Gasteiger partial charge in [0.05, 0.1) is 10.7 Å². The van der Waals surface area contributed by atoms with Crippen molar-refractivity contribution in [3.63, 3.8) is 0 Å². The molecule has 2 N–H and O–H groups in total. The van der Waals surface area contributed by atoms with Crippen LogP contribution in [0.4, 0.5) is 11.4 Å². The van der Waals surface area contributed by atoms with Crippen LogP contribution in [-0.4, -0.2) is 17.9 Å². The number of nitrogens with zero attached hydrogens (tertiary/aromatic N) is 2. The van der Waals surface area contributed by atoms with Gasteiger partial charge >= 0.3 is 0 Å². The van der Waals surface area contributed by atoms with Crippen LogP contribution in [0.5, 0.6) is 0 Å². The lowest BCUT2D eigenvalue weighted by atomic mass is 10.2. The number of hydrogen-bond donors (Lipinski definition) is 1. The number of amides is 1. The third kappa shape index (κ3) is 2.36. The molecular formula is C13H15N3OS. The van der Waals surface area contributed by atoms with Gasteiger partial charge in [0.2, 0.25) is 0 Å². The molecule has 0 atom stereocenters. The van der Waals surface area contributed by atoms with Crippen molar-refractivity contribution in [2.75, 3.05) is 17.7 Å². The Hall–Kier alpha value is -1.88. The minimum Gasteiger partial charge on any atom is -0.399 e. The molecule has 0 bridgehead atoms. The molecule has 0 saturated carbocycles. The van der Waals surface area contributed by atoms with Gasteiger partial charge in [0.1, 0.15) is 4.88 Å². The standard InChI is InChI=1S/C13H15N3OS/c1-8-12(18-9(2)15-8)13(17)16(3)11-6-4-10(14)5-7-11/h4-7H,14H2,1-3H3. The van der Waals surface area contributed by atoms with Crippen LogP contribution in [0.15, 0.2) is 24.3 Å². The molecule has 18 heavy (non-hydrogen) atoms. The molecule has 2 aromatic rings. The van der Waals surface area contributed by atoms with E-state index in [1.165, 1.54) is 11.3 Å². The summed E-state index contributed by atoms with van der Waals surface area (Å²) >= 11 is 1.42. The zero-order valence-corrected chi connectivity index (χ0v) is 11.4. The summed E-state index contributed by atoms with van der Waals surface area (Å²) in [5, 5.41) is 0.904. The fourth-order valence-corrected chi connectivity index (χ4v) is 2.59. The summed E-state index contributed by atoms with van der Waals surface area (Å²) in [6, 6.07) is 7.22. The maximum absolute atomic E-state index is 12.3. The fourth-order valence-electron chi connectivity index (χ4n) is 1.70. The van der Waals surface area contributed by atoms with Crippen LogP contribution in [0.2, 0.25) is 0 Å². The van der Waals surface area contributed by atoms with Gasteiger partial charge in [-0.3, -0.25) is 4.79 Å². The van der Waals surface area contributed by atoms with Crippen molar-refractivity contribution in [1.82, 2.24) is 4.98 Å². The van der Waals surface area contributed by atoms with Crippen molar-refractivity contribution in [2.24, 2.45) is 0 Å². The van der Waals surface area contributed by atoms with E-state index in [0.717, 1.165) is 16.4 Å². The second kappa shape index (κ2) is 4.78. The summed E-state index contributed by atoms with van der Waals surface area (Å²) in [7, 11) is 1.75. The van der Waals surface area contributed by atoms with Crippen molar-refractivity contribution < 1.29 is 4.79 Å². The zero-order chi connectivity index (χ0) is 13.3. The Morgan fingerprint density at radius 3 is 2.39 bits per heavy atom. The third-order valence-corrected chi connectivity index (χ3v) is 3.74. The van der Waals surface area contributed by atoms with E-state index in [-0.39, 0.29) is 5.91 Å². The van der Waals surface area contributed by atoms with Crippen LogP contribution >= 0.6 is 11.3 Å². The first kappa shape index (κ1) is 12.6. The van der Waals surface area contributed by atoms with Gasteiger partial charge in [-0.15, -0.1) is 11.3 Å². The lowest BCUT2D eigenvalue weighted by Gasteiger charge is -2.16. The lowest BCUT2D eigenvalue weighted by Crippen LogP contribution is -2.25. The first-order valence-electron chi connectivity index (χ1n) is 5.56. The molecule has 5 heteroatoms. The van der Waals surface area contributed by atoms with Gasteiger partial charge in [0, 0.05) is 18.4 Å². The first-order valence-corrected chi connectivity index (χ1v) is 6.38. The van der Waals surface area contributed by atoms with E-state index in [1.54, 1.807) is 24.1 Å². The van der Waals surface area contributed by atoms with E-state index in [9.17, 15) is 4.79 Å². The van der Waals surface area contributed by atoms with Gasteiger partial charge in [-0.1, -0.05) is 0 Å². The maximum Gasteiger partial charge on any atom is 0.270 e. The Labute approximate surface area is 110 Å². The number of thiazole rings is 1. The smallest absolute Gasteiger partial charge is 0.270 e. The zero-order valence-electron chi connectivity index (χ0n) is 10.6. The second-order valence-electron chi connectivity index (χ2n) is 4.10. The number of aromatic nitrogens is 1. The Balaban J connectivity index is 2.29. The molecule has 1 aromatic carbocycles. The number of carbonyl (C=O) groups excluding carboxylic acids is 1. The maximum atomic E-state index is 12.3. The molecule has 1 amide bonds. The van der Waals surface area contributed by atoms with E-state index < -0.39 is 0 Å². The molecule has 1 heterocycles. The van der Waals surface area contributed by atoms with Crippen LogP contribution in [0.25, 0.3) is 0 Å². The Morgan fingerprint density at radius 2 is 1.89 bits per heavy atom. The summed E-state index contributed by atoms with van der Waals surface area (Å²) in [4.78, 5) is 18.9. The fraction of sp³-hybridized carbons (Fsp3) is 0.231. The molecule has 0 saturated heterocycles. The predicted octanol–water partition coefficient (Wildman–Crippen LogP) is 2.62. The number of hydrogen-bond acceptors (Lipinski definition) is 4. The van der Waals surface area contributed by atoms with E-state index in [0.29, 0.717) is 10.6 Å². The molecule has 4 nitrogen and oxygen atoms in total. The van der Waals surface area contributed by atoms with Gasteiger partial charge in [-0.2, -0.15) is 0 Å². The minimum absolute atomic E-state index is 0.0390. The monoisotopic (exact) mass is 261 g/mol. The van der Waals surface area contributed by atoms with Crippen molar-refractivity contribution >= 4 is 28.6 Å². The van der Waals surface area contributed by atoms with Gasteiger partial charge in [0.15, 0.2) is 0 Å². The van der Waals surface area contributed by atoms with Crippen molar-refractivity contribution in [3.05, 3.63) is 39.8 Å². The van der Waals surface area contributed by atoms with Gasteiger partial charge in [-0.25, -0.2) is 4.98 Å². The van der Waals surface area contributed by atoms with Crippen LogP contribution < -0.4 is 10.6 Å². The minimum atomic E-state index is -0.0390. The van der Waals surface area contributed by atoms with Gasteiger partial charge < -0.3 is 10.6 Å². The van der Waals surface area contributed by atoms with Crippen LogP contribution in [0.3, 0.4) is 0 Å². The molecule has 2 rings (SSSR count). The number of benzene rings is 1. The number of rotatable bonds is 2. The van der Waals surface area contributed by atoms with E-state index in [2.05, 4.69) is 4.98 Å². The molecule has 0 aliphatic rings. The number of nitrogens with two attached hydrogens (primary N) is 1. The van der Waals surface area contributed by atoms with Gasteiger partial charge in [-0.05, 0) is 38.1 Å². The van der Waals surface area contributed by atoms with Gasteiger partial charge in [0.25, 0.3) is 5.91 Å². The van der Waals surface area contributed by atoms with Crippen molar-refractivity contribution in [1.29, 1.82) is 0 Å². The van der Waals surface area contributed by atoms with Crippen LogP contribution in [0.1, 0.15) is 20.4 Å². The van der Waals surface area contributed by atoms with Crippen molar-refractivity contribution in [2.45, 2.75) is 13.8 Å². The normalized spacial score (nSPS) is 10.4. The highest BCUT2D eigenvalue weighted by atomic mass is 32.1. The Kier molecular flexibility index (Phi) is 3.34. The molecule has 94 valence electrons. The lowest BCUT2D eigenvalue weighted by molar-refractivity contribution is 0.0996. The molecule has 0 aliphatic heterocycles. The SMILES string of the molecule is Cc1nc(C)c(C(=O)N(C)c2ccc(N)cc2)s1. The molecular weight excluding hydrogens is 246 g/mol. The molecule has 0 aliphatic carbocycles. The number of nitrogen functional groups attached to an aromatic ring is 1.